The fourth-order valence-corrected chi connectivity index (χ4v) is 8.74. The van der Waals surface area contributed by atoms with E-state index in [9.17, 15) is 44.1 Å². The van der Waals surface area contributed by atoms with Gasteiger partial charge in [0, 0.05) is 26.2 Å². The van der Waals surface area contributed by atoms with E-state index in [4.69, 9.17) is 4.74 Å². The summed E-state index contributed by atoms with van der Waals surface area (Å²) in [5.41, 5.74) is 6.01. The molecule has 4 aromatic heterocycles. The van der Waals surface area contributed by atoms with Crippen molar-refractivity contribution in [1.82, 2.24) is 41.2 Å². The number of carboxylic acids is 1. The van der Waals surface area contributed by atoms with Crippen LogP contribution < -0.4 is 31.9 Å². The van der Waals surface area contributed by atoms with Gasteiger partial charge in [-0.05, 0) is 125 Å². The minimum absolute atomic E-state index is 0.133. The maximum Gasteiger partial charge on any atom is 0.330 e. The van der Waals surface area contributed by atoms with E-state index in [0.29, 0.717) is 57.5 Å². The molecule has 22 heteroatoms. The molecule has 6 rings (SSSR count). The van der Waals surface area contributed by atoms with Gasteiger partial charge in [0.2, 0.25) is 11.9 Å². The molecule has 386 valence electrons. The van der Waals surface area contributed by atoms with Crippen LogP contribution in [0.1, 0.15) is 97.9 Å². The summed E-state index contributed by atoms with van der Waals surface area (Å²) in [4.78, 5) is 92.6. The molecule has 9 N–H and O–H groups in total. The maximum absolute atomic E-state index is 13.0. The number of amides is 4. The van der Waals surface area contributed by atoms with Crippen LogP contribution in [0.15, 0.2) is 71.4 Å². The Kier molecular flexibility index (Phi) is 20.7. The fraction of sp³-hybridized carbons (Fsp3) is 0.333. The van der Waals surface area contributed by atoms with Crippen LogP contribution in [0.5, 0.6) is 11.5 Å². The molecule has 6 aromatic rings. The molecule has 0 aliphatic carbocycles. The first-order chi connectivity index (χ1) is 34.9. The Morgan fingerprint density at radius 2 is 0.959 bits per heavy atom. The zero-order valence-electron chi connectivity index (χ0n) is 41.5. The van der Waals surface area contributed by atoms with Crippen molar-refractivity contribution in [3.63, 3.8) is 0 Å². The Morgan fingerprint density at radius 1 is 0.562 bits per heavy atom. The van der Waals surface area contributed by atoms with E-state index >= 15 is 0 Å². The number of aromatic hydroxyl groups is 2. The molecular weight excluding hydrogens is 977 g/mol. The predicted octanol–water partition coefficient (Wildman–Crippen LogP) is 5.74. The molecule has 0 aliphatic heterocycles. The van der Waals surface area contributed by atoms with Gasteiger partial charge >= 0.3 is 11.9 Å². The van der Waals surface area contributed by atoms with Gasteiger partial charge in [0.1, 0.15) is 23.6 Å². The highest BCUT2D eigenvalue weighted by Crippen LogP contribution is 2.22. The van der Waals surface area contributed by atoms with Crippen LogP contribution in [0.4, 0.5) is 11.9 Å². The summed E-state index contributed by atoms with van der Waals surface area (Å²) >= 11 is 2.51. The average molecular weight is 1040 g/mol. The number of ether oxygens (including phenoxy) is 1. The lowest BCUT2D eigenvalue weighted by Gasteiger charge is -2.18. The van der Waals surface area contributed by atoms with E-state index in [0.717, 1.165) is 47.9 Å². The zero-order chi connectivity index (χ0) is 53.2. The van der Waals surface area contributed by atoms with Crippen molar-refractivity contribution in [3.05, 3.63) is 137 Å². The molecule has 4 amide bonds. The van der Waals surface area contributed by atoms with Crippen LogP contribution in [0.3, 0.4) is 0 Å². The third kappa shape index (κ3) is 16.0. The van der Waals surface area contributed by atoms with E-state index in [1.165, 1.54) is 29.8 Å². The average Bonchev–Trinajstić information content (AvgIpc) is 4.11. The van der Waals surface area contributed by atoms with Crippen LogP contribution in [0, 0.1) is 41.5 Å². The number of methoxy groups -OCH3 is 1. The number of aryl methyl sites for hydroxylation is 6. The molecule has 0 radical (unpaired) electrons. The van der Waals surface area contributed by atoms with Crippen LogP contribution in [-0.2, 0) is 27.2 Å². The molecule has 73 heavy (non-hydrogen) atoms. The zero-order valence-corrected chi connectivity index (χ0v) is 43.2. The summed E-state index contributed by atoms with van der Waals surface area (Å²) in [5.74, 6) is -2.55. The molecule has 4 heterocycles. The second-order valence-electron chi connectivity index (χ2n) is 16.7. The highest BCUT2D eigenvalue weighted by molar-refractivity contribution is 7.12. The van der Waals surface area contributed by atoms with Crippen molar-refractivity contribution < 1.29 is 48.8 Å². The minimum atomic E-state index is -1.32. The van der Waals surface area contributed by atoms with Gasteiger partial charge in [-0.1, -0.05) is 36.4 Å². The normalized spacial score (nSPS) is 11.5. The van der Waals surface area contributed by atoms with Crippen LogP contribution in [0.25, 0.3) is 0 Å². The number of hydrogen-bond acceptors (Lipinski definition) is 17. The second-order valence-corrected chi connectivity index (χ2v) is 18.6. The Labute approximate surface area is 430 Å². The minimum Gasteiger partial charge on any atom is -0.508 e. The number of carbonyl (C=O) groups is 6. The van der Waals surface area contributed by atoms with E-state index in [2.05, 4.69) is 51.8 Å². The Hall–Kier alpha value is -7.98. The lowest BCUT2D eigenvalue weighted by molar-refractivity contribution is -0.142. The van der Waals surface area contributed by atoms with Gasteiger partial charge in [0.15, 0.2) is 0 Å². The SMILES string of the molecule is COC(=O)[C@H](CNC(=O)c1cccs1)NC(=O)c1c(C)nc(NCCCc2cccc(O)c2C)nc1C.Cc1nc(NCCCc2cccc(O)c2C)nc(C)c1C(=O)N[C@@H](CNC(=O)c1cccs1)C(=O)O. The molecule has 0 spiro atoms. The lowest BCUT2D eigenvalue weighted by atomic mass is 10.0. The first-order valence-corrected chi connectivity index (χ1v) is 24.9. The van der Waals surface area contributed by atoms with Crippen molar-refractivity contribution >= 4 is 70.1 Å². The molecule has 2 atom stereocenters. The first-order valence-electron chi connectivity index (χ1n) is 23.2. The fourth-order valence-electron chi connectivity index (χ4n) is 7.46. The van der Waals surface area contributed by atoms with Crippen LogP contribution >= 0.6 is 22.7 Å². The number of thiophene rings is 2. The number of nitrogens with one attached hydrogen (secondary N) is 6. The number of phenolic OH excluding ortho intramolecular Hbond substituents is 2. The third-order valence-corrected chi connectivity index (χ3v) is 13.2. The molecule has 0 aliphatic rings. The van der Waals surface area contributed by atoms with E-state index in [1.807, 2.05) is 38.1 Å². The number of nitrogens with zero attached hydrogens (tertiary/aromatic N) is 4. The van der Waals surface area contributed by atoms with Crippen molar-refractivity contribution in [1.29, 1.82) is 0 Å². The van der Waals surface area contributed by atoms with Gasteiger partial charge in [0.05, 0.1) is 50.8 Å². The number of phenols is 2. The van der Waals surface area contributed by atoms with Gasteiger partial charge in [-0.15, -0.1) is 22.7 Å². The van der Waals surface area contributed by atoms with Crippen molar-refractivity contribution in [2.45, 2.75) is 79.3 Å². The van der Waals surface area contributed by atoms with Gasteiger partial charge < -0.3 is 52.0 Å². The van der Waals surface area contributed by atoms with Crippen LogP contribution in [-0.4, -0.2) is 116 Å². The molecule has 0 bridgehead atoms. The largest absolute Gasteiger partial charge is 0.508 e. The van der Waals surface area contributed by atoms with E-state index < -0.39 is 41.7 Å². The molecule has 20 nitrogen and oxygen atoms in total. The standard InChI is InChI=1S/C26H31N5O5S.C25H29N5O5S/c1-15-18(8-5-10-20(15)32)9-6-12-27-26-29-16(2)22(17(3)30-26)24(34)31-19(25(35)36-4)14-28-23(33)21-11-7-13-37-21;1-14-17(7-4-9-19(14)31)8-5-11-26-25-28-15(2)21(16(3)29-25)23(33)30-18(24(34)35)13-27-22(32)20-10-6-12-36-20/h5,7-8,10-11,13,19,32H,6,9,12,14H2,1-4H3,(H,28,33)(H,31,34)(H,27,29,30);4,6-7,9-10,12,18,31H,5,8,11,13H2,1-3H3,(H,27,32)(H,30,33)(H,34,35)(H,26,28,29)/t19-;18-/m00/s1. The topological polar surface area (TPSA) is 296 Å². The molecule has 0 saturated heterocycles. The smallest absolute Gasteiger partial charge is 0.330 e. The molecule has 0 fully saturated rings. The summed E-state index contributed by atoms with van der Waals surface area (Å²) in [6.07, 6.45) is 3.13. The number of hydrogen-bond donors (Lipinski definition) is 9. The predicted molar refractivity (Wildman–Crippen MR) is 278 cm³/mol. The van der Waals surface area contributed by atoms with Gasteiger partial charge in [-0.25, -0.2) is 29.5 Å². The third-order valence-electron chi connectivity index (χ3n) is 11.5. The van der Waals surface area contributed by atoms with Crippen molar-refractivity contribution in [2.24, 2.45) is 0 Å². The van der Waals surface area contributed by atoms with Crippen molar-refractivity contribution in [2.75, 3.05) is 43.9 Å². The Morgan fingerprint density at radius 3 is 1.33 bits per heavy atom. The summed E-state index contributed by atoms with van der Waals surface area (Å²) in [6, 6.07) is 15.3. The summed E-state index contributed by atoms with van der Waals surface area (Å²) < 4.78 is 4.79. The monoisotopic (exact) mass is 1040 g/mol. The number of rotatable bonds is 22. The molecule has 0 unspecified atom stereocenters. The molecule has 2 aromatic carbocycles. The van der Waals surface area contributed by atoms with Gasteiger partial charge in [0.25, 0.3) is 23.6 Å². The van der Waals surface area contributed by atoms with E-state index in [-0.39, 0.29) is 41.6 Å². The quantitative estimate of drug-likeness (QED) is 0.0289. The number of carboxylic acid groups (broad SMARTS) is 1. The highest BCUT2D eigenvalue weighted by atomic mass is 32.1. The highest BCUT2D eigenvalue weighted by Gasteiger charge is 2.27. The molecule has 0 saturated carbocycles. The van der Waals surface area contributed by atoms with Gasteiger partial charge in [-0.2, -0.15) is 0 Å². The summed E-state index contributed by atoms with van der Waals surface area (Å²) in [6.45, 7) is 11.2. The lowest BCUT2D eigenvalue weighted by Crippen LogP contribution is -2.49. The number of esters is 1. The number of anilines is 2. The number of aromatic nitrogens is 4. The number of carbonyl (C=O) groups excluding carboxylic acids is 5. The van der Waals surface area contributed by atoms with Crippen molar-refractivity contribution in [3.8, 4) is 11.5 Å². The second kappa shape index (κ2) is 27.0. The van der Waals surface area contributed by atoms with Crippen LogP contribution in [0.2, 0.25) is 0 Å². The number of aliphatic carboxylic acids is 1. The Bertz CT molecular complexity index is 2850. The summed E-state index contributed by atoms with van der Waals surface area (Å²) in [5, 5.41) is 49.3. The number of benzene rings is 2. The first kappa shape index (κ1) is 55.9. The Balaban J connectivity index is 0.000000271. The van der Waals surface area contributed by atoms with E-state index in [1.54, 1.807) is 74.9 Å². The molecular formula is C51H60N10O10S2. The summed E-state index contributed by atoms with van der Waals surface area (Å²) in [7, 11) is 1.21. The van der Waals surface area contributed by atoms with Gasteiger partial charge in [-0.3, -0.25) is 19.2 Å². The maximum atomic E-state index is 13.0.